The van der Waals surface area contributed by atoms with Crippen LogP contribution in [0.1, 0.15) is 0 Å². The third-order valence-corrected chi connectivity index (χ3v) is 0.326. The van der Waals surface area contributed by atoms with E-state index in [0.29, 0.717) is 0 Å². The van der Waals surface area contributed by atoms with E-state index in [1.165, 1.54) is 0 Å². The van der Waals surface area contributed by atoms with Gasteiger partial charge in [-0.25, -0.2) is 0 Å². The van der Waals surface area contributed by atoms with Crippen molar-refractivity contribution in [3.05, 3.63) is 0 Å². The van der Waals surface area contributed by atoms with Crippen LogP contribution in [-0.2, 0) is 36.7 Å². The van der Waals surface area contributed by atoms with E-state index in [4.69, 9.17) is 10.5 Å². The molecule has 2 nitrogen and oxygen atoms in total. The van der Waals surface area contributed by atoms with Gasteiger partial charge in [-0.3, -0.25) is 0 Å². The van der Waals surface area contributed by atoms with E-state index in [1.807, 2.05) is 0 Å². The minimum atomic E-state index is 0. The summed E-state index contributed by atoms with van der Waals surface area (Å²) in [6.07, 6.45) is 0. The maximum Gasteiger partial charge on any atom is 0 e. The molecule has 0 aromatic carbocycles. The molecule has 0 aliphatic rings. The van der Waals surface area contributed by atoms with Gasteiger partial charge in [-0.1, -0.05) is 0 Å². The molecule has 0 atom stereocenters. The topological polar surface area (TPSA) is 47.6 Å². The van der Waals surface area contributed by atoms with Crippen LogP contribution in [0.3, 0.4) is 0 Å². The molecule has 0 unspecified atom stereocenters. The summed E-state index contributed by atoms with van der Waals surface area (Å²) in [6, 6.07) is 0. The second-order valence-electron chi connectivity index (χ2n) is 0.247. The Balaban J connectivity index is 0. The molecule has 0 N–H and O–H groups in total. The molecule has 0 fully saturated rings. The molecule has 0 radical (unpaired) electrons. The summed E-state index contributed by atoms with van der Waals surface area (Å²) >= 11 is 0. The first-order chi connectivity index (χ1) is 2.41. The van der Waals surface area contributed by atoms with Crippen LogP contribution >= 0.6 is 0 Å². The van der Waals surface area contributed by atoms with Crippen LogP contribution in [0.4, 0.5) is 0 Å². The van der Waals surface area contributed by atoms with Crippen LogP contribution in [-0.4, -0.2) is 0 Å². The largest absolute Gasteiger partial charge is 0 e. The molecule has 6 heavy (non-hydrogen) atoms. The molecule has 0 saturated carbocycles. The first-order valence-corrected chi connectivity index (χ1v) is 1.90. The van der Waals surface area contributed by atoms with Gasteiger partial charge in [0.1, 0.15) is 0 Å². The van der Waals surface area contributed by atoms with Gasteiger partial charge in [-0.2, -0.15) is 0 Å². The zero-order chi connectivity index (χ0) is 4.12. The van der Waals surface area contributed by atoms with E-state index >= 15 is 0 Å². The molecule has 0 amide bonds. The normalized spacial score (nSPS) is 4.33. The molecule has 0 aromatic rings. The van der Waals surface area contributed by atoms with Crippen molar-refractivity contribution in [3.63, 3.8) is 0 Å². The van der Waals surface area contributed by atoms with Crippen molar-refractivity contribution < 1.29 is 36.7 Å². The molecule has 0 aromatic heterocycles. The average molecular weight is 156 g/mol. The Bertz CT molecular complexity index is 76.7. The third-order valence-electron chi connectivity index (χ3n) is 0.0791. The van der Waals surface area contributed by atoms with Crippen molar-refractivity contribution in [2.45, 2.75) is 0 Å². The molecule has 30 valence electrons. The van der Waals surface area contributed by atoms with E-state index in [-0.39, 0.29) is 36.7 Å². The smallest absolute Gasteiger partial charge is 0 e. The van der Waals surface area contributed by atoms with Gasteiger partial charge in [0.2, 0.25) is 0 Å². The van der Waals surface area contributed by atoms with Crippen molar-refractivity contribution in [1.82, 2.24) is 0 Å². The number of hydrogen-bond donors (Lipinski definition) is 0. The monoisotopic (exact) mass is 156 g/mol. The molecule has 0 rings (SSSR count). The van der Waals surface area contributed by atoms with Crippen LogP contribution in [0.15, 0.2) is 0 Å². The van der Waals surface area contributed by atoms with Gasteiger partial charge >= 0.3 is 35.4 Å². The average Bonchev–Trinajstić information content (AvgIpc) is 1.41. The Hall–Kier alpha value is 0.214. The van der Waals surface area contributed by atoms with Crippen molar-refractivity contribution in [2.75, 3.05) is 0 Å². The molecule has 0 aliphatic carbocycles. The van der Waals surface area contributed by atoms with E-state index in [2.05, 4.69) is 0 Å². The van der Waals surface area contributed by atoms with Crippen molar-refractivity contribution in [3.8, 4) is 9.94 Å². The number of hydrogen-bond acceptors (Lipinski definition) is 2. The number of nitriles is 2. The van der Waals surface area contributed by atoms with Crippen molar-refractivity contribution in [2.24, 2.45) is 0 Å². The van der Waals surface area contributed by atoms with Gasteiger partial charge < -0.3 is 0 Å². The maximum absolute atomic E-state index is 7.59. The van der Waals surface area contributed by atoms with Crippen molar-refractivity contribution >= 4 is 0 Å². The molecular weight excluding hydrogens is 156 g/mol. The van der Waals surface area contributed by atoms with Gasteiger partial charge in [-0.15, -0.1) is 0 Å². The third kappa shape index (κ3) is 8.88. The van der Waals surface area contributed by atoms with Gasteiger partial charge in [-0.05, 0) is 0 Å². The van der Waals surface area contributed by atoms with Gasteiger partial charge in [0, 0.05) is 21.7 Å². The van der Waals surface area contributed by atoms with Crippen molar-refractivity contribution in [1.29, 1.82) is 10.5 Å². The standard InChI is InChI=1S/2CN.Fe.Ti/c2*1-2;;. The Morgan fingerprint density at radius 3 is 1.50 bits per heavy atom. The van der Waals surface area contributed by atoms with Crippen LogP contribution in [0.5, 0.6) is 0 Å². The fourth-order valence-electron chi connectivity index (χ4n) is 0.0177. The minimum Gasteiger partial charge on any atom is 0 e. The molecule has 0 spiro atoms. The number of rotatable bonds is 0. The first kappa shape index (κ1) is 9.51. The summed E-state index contributed by atoms with van der Waals surface area (Å²) in [7, 11) is 0. The quantitative estimate of drug-likeness (QED) is 0.464. The summed E-state index contributed by atoms with van der Waals surface area (Å²) < 4.78 is 0. The SMILES string of the molecule is N#[C][Fe][C]#N.[Ti]. The van der Waals surface area contributed by atoms with Crippen LogP contribution in [0, 0.1) is 20.5 Å². The Morgan fingerprint density at radius 1 is 1.17 bits per heavy atom. The van der Waals surface area contributed by atoms with E-state index in [0.717, 1.165) is 0 Å². The van der Waals surface area contributed by atoms with Gasteiger partial charge in [0.05, 0.1) is 0 Å². The fourth-order valence-corrected chi connectivity index (χ4v) is 0.0729. The summed E-state index contributed by atoms with van der Waals surface area (Å²) in [6.45, 7) is 0. The fraction of sp³-hybridized carbons (Fsp3) is 0. The molecule has 0 saturated heterocycles. The predicted molar refractivity (Wildman–Crippen MR) is 11.2 cm³/mol. The zero-order valence-corrected chi connectivity index (χ0v) is 5.41. The molecule has 0 heterocycles. The van der Waals surface area contributed by atoms with E-state index in [9.17, 15) is 0 Å². The Morgan fingerprint density at radius 2 is 1.50 bits per heavy atom. The first-order valence-electron chi connectivity index (χ1n) is 0.801. The maximum atomic E-state index is 7.59. The summed E-state index contributed by atoms with van der Waals surface area (Å²) in [5.41, 5.74) is 0. The van der Waals surface area contributed by atoms with Crippen LogP contribution < -0.4 is 0 Å². The molecule has 0 aliphatic heterocycles. The summed E-state index contributed by atoms with van der Waals surface area (Å²) in [4.78, 5) is 3.31. The summed E-state index contributed by atoms with van der Waals surface area (Å²) in [5, 5.41) is 15.2. The summed E-state index contributed by atoms with van der Waals surface area (Å²) in [5.74, 6) is 0. The van der Waals surface area contributed by atoms with E-state index in [1.54, 1.807) is 9.94 Å². The molecule has 4 heteroatoms. The Labute approximate surface area is 57.2 Å². The Kier molecular flexibility index (Phi) is 14.2. The second kappa shape index (κ2) is 8.96. The second-order valence-corrected chi connectivity index (χ2v) is 1.02. The number of nitrogens with zero attached hydrogens (tertiary/aromatic N) is 2. The minimum absolute atomic E-state index is 0. The van der Waals surface area contributed by atoms with Gasteiger partial charge in [0.15, 0.2) is 0 Å². The van der Waals surface area contributed by atoms with Gasteiger partial charge in [0.25, 0.3) is 0 Å². The van der Waals surface area contributed by atoms with E-state index < -0.39 is 0 Å². The molecule has 0 bridgehead atoms. The predicted octanol–water partition coefficient (Wildman–Crippen LogP) is 0.0286. The van der Waals surface area contributed by atoms with Crippen LogP contribution in [0.2, 0.25) is 0 Å². The molecular formula is C2FeN2Ti. The van der Waals surface area contributed by atoms with Crippen LogP contribution in [0.25, 0.3) is 0 Å². The zero-order valence-electron chi connectivity index (χ0n) is 2.75.